The quantitative estimate of drug-likeness (QED) is 0.732. The molecule has 1 aliphatic carbocycles. The minimum atomic E-state index is 0.0841. The first kappa shape index (κ1) is 19.9. The molecule has 146 valence electrons. The molecule has 0 aliphatic heterocycles. The molecule has 1 N–H and O–H groups in total. The van der Waals surface area contributed by atoms with Crippen LogP contribution in [-0.4, -0.2) is 37.5 Å². The second-order valence-corrected chi connectivity index (χ2v) is 8.72. The summed E-state index contributed by atoms with van der Waals surface area (Å²) in [4.78, 5) is 16.6. The van der Waals surface area contributed by atoms with Crippen LogP contribution in [0.3, 0.4) is 0 Å². The van der Waals surface area contributed by atoms with Crippen LogP contribution in [0.15, 0.2) is 29.7 Å². The smallest absolute Gasteiger partial charge is 0.230 e. The highest BCUT2D eigenvalue weighted by Gasteiger charge is 2.23. The molecule has 0 radical (unpaired) electrons. The topological polar surface area (TPSA) is 72.7 Å². The Morgan fingerprint density at radius 2 is 2.15 bits per heavy atom. The molecule has 7 heteroatoms. The van der Waals surface area contributed by atoms with Crippen LogP contribution in [0.4, 0.5) is 0 Å². The van der Waals surface area contributed by atoms with Gasteiger partial charge in [-0.15, -0.1) is 10.2 Å². The summed E-state index contributed by atoms with van der Waals surface area (Å²) >= 11 is 1.46. The van der Waals surface area contributed by atoms with E-state index in [2.05, 4.69) is 45.8 Å². The molecule has 2 heterocycles. The molecule has 6 nitrogen and oxygen atoms in total. The summed E-state index contributed by atoms with van der Waals surface area (Å²) in [6.45, 7) is 7.37. The van der Waals surface area contributed by atoms with E-state index in [0.29, 0.717) is 23.6 Å². The van der Waals surface area contributed by atoms with Gasteiger partial charge < -0.3 is 9.88 Å². The van der Waals surface area contributed by atoms with Gasteiger partial charge in [0.1, 0.15) is 0 Å². The van der Waals surface area contributed by atoms with Crippen LogP contribution in [0.5, 0.6) is 0 Å². The largest absolute Gasteiger partial charge is 0.352 e. The van der Waals surface area contributed by atoms with Gasteiger partial charge in [-0.2, -0.15) is 0 Å². The van der Waals surface area contributed by atoms with Crippen LogP contribution < -0.4 is 5.32 Å². The lowest BCUT2D eigenvalue weighted by Crippen LogP contribution is -2.41. The highest BCUT2D eigenvalue weighted by molar-refractivity contribution is 7.99. The summed E-state index contributed by atoms with van der Waals surface area (Å²) in [5.74, 6) is 2.27. The highest BCUT2D eigenvalue weighted by atomic mass is 32.2. The van der Waals surface area contributed by atoms with Gasteiger partial charge in [0.05, 0.1) is 5.75 Å². The van der Waals surface area contributed by atoms with Crippen molar-refractivity contribution in [1.82, 2.24) is 25.1 Å². The normalized spacial score (nSPS) is 20.0. The Bertz CT molecular complexity index is 746. The zero-order valence-electron chi connectivity index (χ0n) is 16.4. The van der Waals surface area contributed by atoms with Gasteiger partial charge in [0.25, 0.3) is 0 Å². The van der Waals surface area contributed by atoms with Crippen LogP contribution in [0, 0.1) is 11.8 Å². The van der Waals surface area contributed by atoms with E-state index in [1.54, 1.807) is 12.4 Å². The lowest BCUT2D eigenvalue weighted by Gasteiger charge is -2.29. The molecule has 0 aromatic carbocycles. The molecule has 2 atom stereocenters. The maximum absolute atomic E-state index is 12.4. The fourth-order valence-corrected chi connectivity index (χ4v) is 4.30. The summed E-state index contributed by atoms with van der Waals surface area (Å²) in [5.41, 5.74) is 0.943. The van der Waals surface area contributed by atoms with E-state index in [1.807, 2.05) is 12.1 Å². The number of carbonyl (C=O) groups excluding carboxylic acids is 1. The average Bonchev–Trinajstić information content (AvgIpc) is 3.04. The molecule has 1 fully saturated rings. The average molecular weight is 388 g/mol. The Balaban J connectivity index is 1.67. The van der Waals surface area contributed by atoms with Crippen molar-refractivity contribution >= 4 is 17.7 Å². The van der Waals surface area contributed by atoms with Crippen molar-refractivity contribution in [2.24, 2.45) is 11.8 Å². The standard InChI is InChI=1S/C20H29N5OS/c1-14(2)12-25-19(16-8-6-10-21-11-16)23-24-20(25)27-13-18(26)22-17-9-5-4-7-15(17)3/h6,8,10-11,14-15,17H,4-5,7,9,12-13H2,1-3H3,(H,22,26)/t15-,17+/m0/s1. The van der Waals surface area contributed by atoms with Crippen molar-refractivity contribution in [2.45, 2.75) is 64.2 Å². The van der Waals surface area contributed by atoms with Crippen LogP contribution in [0.1, 0.15) is 46.5 Å². The van der Waals surface area contributed by atoms with Crippen LogP contribution in [-0.2, 0) is 11.3 Å². The lowest BCUT2D eigenvalue weighted by molar-refractivity contribution is -0.119. The van der Waals surface area contributed by atoms with Crippen LogP contribution >= 0.6 is 11.8 Å². The summed E-state index contributed by atoms with van der Waals surface area (Å²) in [6, 6.07) is 4.20. The van der Waals surface area contributed by atoms with Crippen molar-refractivity contribution in [3.8, 4) is 11.4 Å². The van der Waals surface area contributed by atoms with Gasteiger partial charge in [-0.05, 0) is 36.8 Å². The molecular formula is C20H29N5OS. The van der Waals surface area contributed by atoms with Gasteiger partial charge in [-0.3, -0.25) is 9.78 Å². The molecule has 1 aliphatic rings. The van der Waals surface area contributed by atoms with E-state index in [4.69, 9.17) is 0 Å². The van der Waals surface area contributed by atoms with Crippen molar-refractivity contribution in [1.29, 1.82) is 0 Å². The van der Waals surface area contributed by atoms with Crippen molar-refractivity contribution in [2.75, 3.05) is 5.75 Å². The first-order valence-electron chi connectivity index (χ1n) is 9.80. The van der Waals surface area contributed by atoms with Crippen LogP contribution in [0.2, 0.25) is 0 Å². The molecule has 27 heavy (non-hydrogen) atoms. The minimum absolute atomic E-state index is 0.0841. The first-order chi connectivity index (χ1) is 13.0. The van der Waals surface area contributed by atoms with Gasteiger partial charge in [0.15, 0.2) is 11.0 Å². The number of amides is 1. The van der Waals surface area contributed by atoms with E-state index >= 15 is 0 Å². The fourth-order valence-electron chi connectivity index (χ4n) is 3.54. The fraction of sp³-hybridized carbons (Fsp3) is 0.600. The third-order valence-corrected chi connectivity index (χ3v) is 5.94. The van der Waals surface area contributed by atoms with Gasteiger partial charge in [0, 0.05) is 30.5 Å². The zero-order valence-corrected chi connectivity index (χ0v) is 17.2. The van der Waals surface area contributed by atoms with Gasteiger partial charge >= 0.3 is 0 Å². The van der Waals surface area contributed by atoms with Crippen molar-refractivity contribution in [3.63, 3.8) is 0 Å². The second kappa shape index (κ2) is 9.35. The first-order valence-corrected chi connectivity index (χ1v) is 10.8. The minimum Gasteiger partial charge on any atom is -0.352 e. The molecule has 0 spiro atoms. The molecule has 3 rings (SSSR count). The van der Waals surface area contributed by atoms with Gasteiger partial charge in [-0.1, -0.05) is 45.4 Å². The molecule has 1 amide bonds. The van der Waals surface area contributed by atoms with Gasteiger partial charge in [0.2, 0.25) is 5.91 Å². The molecule has 1 saturated carbocycles. The van der Waals surface area contributed by atoms with E-state index in [9.17, 15) is 4.79 Å². The Labute approximate surface area is 165 Å². The number of aromatic nitrogens is 4. The predicted octanol–water partition coefficient (Wildman–Crippen LogP) is 3.78. The summed E-state index contributed by atoms with van der Waals surface area (Å²) in [7, 11) is 0. The van der Waals surface area contributed by atoms with Crippen molar-refractivity contribution in [3.05, 3.63) is 24.5 Å². The number of hydrogen-bond donors (Lipinski definition) is 1. The number of rotatable bonds is 7. The number of nitrogens with zero attached hydrogens (tertiary/aromatic N) is 4. The maximum Gasteiger partial charge on any atom is 0.230 e. The summed E-state index contributed by atoms with van der Waals surface area (Å²) in [5, 5.41) is 12.7. The Morgan fingerprint density at radius 3 is 2.85 bits per heavy atom. The molecule has 0 bridgehead atoms. The molecule has 0 saturated heterocycles. The lowest BCUT2D eigenvalue weighted by atomic mass is 9.86. The van der Waals surface area contributed by atoms with E-state index in [-0.39, 0.29) is 5.91 Å². The third kappa shape index (κ3) is 5.31. The number of thioether (sulfide) groups is 1. The van der Waals surface area contributed by atoms with Crippen molar-refractivity contribution < 1.29 is 4.79 Å². The molecular weight excluding hydrogens is 358 g/mol. The van der Waals surface area contributed by atoms with Gasteiger partial charge in [-0.25, -0.2) is 0 Å². The summed E-state index contributed by atoms with van der Waals surface area (Å²) < 4.78 is 2.10. The van der Waals surface area contributed by atoms with E-state index in [0.717, 1.165) is 29.5 Å². The Hall–Kier alpha value is -1.89. The Morgan fingerprint density at radius 1 is 1.33 bits per heavy atom. The SMILES string of the molecule is CC(C)Cn1c(SCC(=O)N[C@@H]2CCCC[C@@H]2C)nnc1-c1cccnc1. The highest BCUT2D eigenvalue weighted by Crippen LogP contribution is 2.26. The predicted molar refractivity (Wildman–Crippen MR) is 108 cm³/mol. The molecule has 0 unspecified atom stereocenters. The number of carbonyl (C=O) groups is 1. The number of nitrogens with one attached hydrogen (secondary N) is 1. The monoisotopic (exact) mass is 387 g/mol. The van der Waals surface area contributed by atoms with Crippen LogP contribution in [0.25, 0.3) is 11.4 Å². The summed E-state index contributed by atoms with van der Waals surface area (Å²) in [6.07, 6.45) is 8.32. The van der Waals surface area contributed by atoms with E-state index < -0.39 is 0 Å². The number of pyridine rings is 1. The number of hydrogen-bond acceptors (Lipinski definition) is 5. The molecule has 2 aromatic rings. The van der Waals surface area contributed by atoms with E-state index in [1.165, 1.54) is 31.0 Å². The zero-order chi connectivity index (χ0) is 19.2. The second-order valence-electron chi connectivity index (χ2n) is 7.78. The maximum atomic E-state index is 12.4. The molecule has 2 aromatic heterocycles. The Kier molecular flexibility index (Phi) is 6.88. The third-order valence-electron chi connectivity index (χ3n) is 4.97.